The van der Waals surface area contributed by atoms with Crippen LogP contribution in [0.25, 0.3) is 0 Å². The van der Waals surface area contributed by atoms with Crippen LogP contribution in [-0.2, 0) is 32.7 Å². The number of nitrogens with zero attached hydrogens (tertiary/aromatic N) is 5. The summed E-state index contributed by atoms with van der Waals surface area (Å²) < 4.78 is 34.5. The van der Waals surface area contributed by atoms with E-state index in [9.17, 15) is 19.0 Å². The molecule has 0 saturated carbocycles. The zero-order chi connectivity index (χ0) is 42.4. The van der Waals surface area contributed by atoms with E-state index >= 15 is 0 Å². The first kappa shape index (κ1) is 52.3. The van der Waals surface area contributed by atoms with Gasteiger partial charge < -0.3 is 18.9 Å². The van der Waals surface area contributed by atoms with Gasteiger partial charge in [0.1, 0.15) is 19.8 Å². The fourth-order valence-corrected chi connectivity index (χ4v) is 7.94. The van der Waals surface area contributed by atoms with Crippen LogP contribution in [0.4, 0.5) is 0 Å². The lowest BCUT2D eigenvalue weighted by atomic mass is 9.98. The van der Waals surface area contributed by atoms with Crippen molar-refractivity contribution in [3.8, 4) is 0 Å². The second-order valence-corrected chi connectivity index (χ2v) is 19.5. The summed E-state index contributed by atoms with van der Waals surface area (Å²) in [5.74, 6) is -0.910. The number of rotatable bonds is 42. The molecule has 0 saturated heterocycles. The summed E-state index contributed by atoms with van der Waals surface area (Å²) in [7, 11) is 1.41. The number of likely N-dealkylation sites (N-methyl/N-ethyl adjacent to an activating group) is 1. The van der Waals surface area contributed by atoms with Crippen molar-refractivity contribution in [1.29, 1.82) is 0 Å². The summed E-state index contributed by atoms with van der Waals surface area (Å²) in [6.07, 6.45) is 31.6. The highest BCUT2D eigenvalue weighted by atomic mass is 31.2. The molecule has 0 spiro atoms. The molecule has 0 amide bonds. The minimum Gasteiger partial charge on any atom is -0.462 e. The van der Waals surface area contributed by atoms with Crippen LogP contribution in [0.5, 0.6) is 0 Å². The van der Waals surface area contributed by atoms with Crippen molar-refractivity contribution < 1.29 is 42.1 Å². The molecule has 0 aromatic heterocycles. The summed E-state index contributed by atoms with van der Waals surface area (Å²) in [4.78, 5) is 35.8. The Morgan fingerprint density at radius 2 is 0.931 bits per heavy atom. The third kappa shape index (κ3) is 28.6. The number of ether oxygens (including phenoxy) is 2. The van der Waals surface area contributed by atoms with E-state index in [0.717, 1.165) is 51.4 Å². The number of unbranched alkanes of at least 4 members (excludes halogenated alkanes) is 20. The van der Waals surface area contributed by atoms with Crippen LogP contribution in [0, 0.1) is 0 Å². The molecule has 2 atom stereocenters. The minimum absolute atomic E-state index is 0.0110. The fourth-order valence-electron chi connectivity index (χ4n) is 7.20. The average molecular weight is 843 g/mol. The number of carbonyl (C=O) groups is 2. The third-order valence-electron chi connectivity index (χ3n) is 11.2. The molecule has 0 aliphatic carbocycles. The van der Waals surface area contributed by atoms with Crippen molar-refractivity contribution in [3.63, 3.8) is 0 Å². The first-order valence-electron chi connectivity index (χ1n) is 23.5. The Balaban J connectivity index is 1.66. The van der Waals surface area contributed by atoms with Gasteiger partial charge in [0.05, 0.1) is 27.7 Å². The fraction of sp³-hybridized carbons (Fsp3) is 0.955. The average Bonchev–Trinajstić information content (AvgIpc) is 4.12. The van der Waals surface area contributed by atoms with E-state index in [-0.39, 0.29) is 37.4 Å². The van der Waals surface area contributed by atoms with E-state index in [1.807, 2.05) is 21.1 Å². The minimum atomic E-state index is -4.42. The summed E-state index contributed by atoms with van der Waals surface area (Å²) >= 11 is 0. The largest absolute Gasteiger partial charge is 0.472 e. The third-order valence-corrected chi connectivity index (χ3v) is 12.2. The Morgan fingerprint density at radius 1 is 0.552 bits per heavy atom. The Bertz CT molecular complexity index is 1200. The predicted molar refractivity (Wildman–Crippen MR) is 230 cm³/mol. The second kappa shape index (κ2) is 30.3. The Kier molecular flexibility index (Phi) is 27.3. The zero-order valence-corrected chi connectivity index (χ0v) is 38.5. The Labute approximate surface area is 352 Å². The number of phosphoric ester groups is 1. The van der Waals surface area contributed by atoms with Crippen LogP contribution in [0.1, 0.15) is 206 Å². The lowest BCUT2D eigenvalue weighted by molar-refractivity contribution is -0.870. The van der Waals surface area contributed by atoms with Crippen molar-refractivity contribution >= 4 is 19.8 Å². The number of carbonyl (C=O) groups excluding carboxylic acids is 2. The van der Waals surface area contributed by atoms with Gasteiger partial charge in [-0.3, -0.25) is 18.6 Å². The van der Waals surface area contributed by atoms with Crippen molar-refractivity contribution in [2.45, 2.75) is 224 Å². The van der Waals surface area contributed by atoms with Gasteiger partial charge in [-0.1, -0.05) is 129 Å². The molecule has 14 heteroatoms. The van der Waals surface area contributed by atoms with Crippen LogP contribution >= 0.6 is 7.82 Å². The van der Waals surface area contributed by atoms with E-state index in [1.165, 1.54) is 116 Å². The van der Waals surface area contributed by atoms with Gasteiger partial charge in [-0.2, -0.15) is 20.5 Å². The summed E-state index contributed by atoms with van der Waals surface area (Å²) in [6, 6.07) is 0. The molecule has 0 radical (unpaired) electrons. The summed E-state index contributed by atoms with van der Waals surface area (Å²) in [6.45, 7) is 4.28. The molecule has 58 heavy (non-hydrogen) atoms. The molecule has 0 aromatic rings. The smallest absolute Gasteiger partial charge is 0.462 e. The predicted octanol–water partition coefficient (Wildman–Crippen LogP) is 12.3. The van der Waals surface area contributed by atoms with Crippen LogP contribution in [0.3, 0.4) is 0 Å². The Morgan fingerprint density at radius 3 is 1.33 bits per heavy atom. The highest BCUT2D eigenvalue weighted by molar-refractivity contribution is 7.47. The lowest BCUT2D eigenvalue weighted by Crippen LogP contribution is -2.37. The maximum absolute atomic E-state index is 12.9. The SMILES string of the molecule is CCCCCCCCCCCCC1(CCCCC(=O)OCC(COP(=O)(O)OCC[N+](C)(C)C)OC(=O)CCCCC2(CCCCCCCCCCCC)N=N2)N=N1. The molecule has 2 rings (SSSR count). The van der Waals surface area contributed by atoms with Gasteiger partial charge in [0.25, 0.3) is 0 Å². The summed E-state index contributed by atoms with van der Waals surface area (Å²) in [5, 5.41) is 17.4. The molecule has 2 heterocycles. The maximum atomic E-state index is 12.9. The van der Waals surface area contributed by atoms with Gasteiger partial charge in [-0.05, 0) is 64.2 Å². The van der Waals surface area contributed by atoms with Crippen LogP contribution < -0.4 is 0 Å². The normalized spacial score (nSPS) is 16.6. The number of phosphoric acid groups is 1. The van der Waals surface area contributed by atoms with Crippen LogP contribution in [-0.4, -0.2) is 86.3 Å². The number of hydrogen-bond donors (Lipinski definition) is 1. The standard InChI is InChI=1S/C44H84N5O8P/c1-6-8-10-12-14-16-18-20-22-26-32-43(45-46-43)34-28-24-30-41(50)54-38-40(39-56-58(52,53)55-37-36-49(3,4)5)57-42(51)31-25-29-35-44(47-48-44)33-27-23-21-19-17-15-13-11-9-7-2/h40H,6-39H2,1-5H3/p+1. The van der Waals surface area contributed by atoms with E-state index in [0.29, 0.717) is 23.9 Å². The van der Waals surface area contributed by atoms with Crippen LogP contribution in [0.2, 0.25) is 0 Å². The van der Waals surface area contributed by atoms with Gasteiger partial charge >= 0.3 is 19.8 Å². The number of esters is 2. The van der Waals surface area contributed by atoms with E-state index < -0.39 is 32.5 Å². The van der Waals surface area contributed by atoms with Crippen molar-refractivity contribution in [2.24, 2.45) is 20.5 Å². The number of hydrogen-bond acceptors (Lipinski definition) is 11. The van der Waals surface area contributed by atoms with E-state index in [4.69, 9.17) is 18.5 Å². The molecule has 338 valence electrons. The first-order valence-corrected chi connectivity index (χ1v) is 25.0. The zero-order valence-electron chi connectivity index (χ0n) is 37.6. The molecular weight excluding hydrogens is 757 g/mol. The highest BCUT2D eigenvalue weighted by Gasteiger charge is 2.39. The number of quaternary nitrogens is 1. The monoisotopic (exact) mass is 843 g/mol. The molecule has 2 unspecified atom stereocenters. The van der Waals surface area contributed by atoms with Crippen LogP contribution in [0.15, 0.2) is 20.5 Å². The Hall–Kier alpha value is -1.79. The van der Waals surface area contributed by atoms with Crippen molar-refractivity contribution in [2.75, 3.05) is 47.5 Å². The van der Waals surface area contributed by atoms with E-state index in [1.54, 1.807) is 0 Å². The maximum Gasteiger partial charge on any atom is 0.472 e. The van der Waals surface area contributed by atoms with Gasteiger partial charge in [0.15, 0.2) is 17.4 Å². The molecule has 0 bridgehead atoms. The van der Waals surface area contributed by atoms with Gasteiger partial charge in [0.2, 0.25) is 0 Å². The van der Waals surface area contributed by atoms with Crippen molar-refractivity contribution in [1.82, 2.24) is 0 Å². The van der Waals surface area contributed by atoms with Gasteiger partial charge in [-0.15, -0.1) is 0 Å². The van der Waals surface area contributed by atoms with Gasteiger partial charge in [0, 0.05) is 12.8 Å². The molecule has 1 N–H and O–H groups in total. The molecule has 0 aromatic carbocycles. The highest BCUT2D eigenvalue weighted by Crippen LogP contribution is 2.43. The lowest BCUT2D eigenvalue weighted by Gasteiger charge is -2.24. The molecule has 0 fully saturated rings. The topological polar surface area (TPSA) is 158 Å². The molecule has 13 nitrogen and oxygen atoms in total. The summed E-state index contributed by atoms with van der Waals surface area (Å²) in [5.41, 5.74) is -0.541. The van der Waals surface area contributed by atoms with E-state index in [2.05, 4.69) is 34.3 Å². The van der Waals surface area contributed by atoms with Crippen molar-refractivity contribution in [3.05, 3.63) is 0 Å². The second-order valence-electron chi connectivity index (χ2n) is 18.0. The van der Waals surface area contributed by atoms with Gasteiger partial charge in [-0.25, -0.2) is 4.57 Å². The molecular formula is C44H85N5O8P+. The molecule has 2 aliphatic heterocycles. The molecule has 2 aliphatic rings. The first-order chi connectivity index (χ1) is 27.8. The quantitative estimate of drug-likeness (QED) is 0.0275.